The van der Waals surface area contributed by atoms with Gasteiger partial charge < -0.3 is 5.43 Å². The molecule has 0 fully saturated rings. The van der Waals surface area contributed by atoms with Gasteiger partial charge in [-0.15, -0.1) is 0 Å². The topological polar surface area (TPSA) is 97.1 Å². The van der Waals surface area contributed by atoms with E-state index in [4.69, 9.17) is 5.84 Å². The van der Waals surface area contributed by atoms with Crippen molar-refractivity contribution in [3.8, 4) is 0 Å². The summed E-state index contributed by atoms with van der Waals surface area (Å²) >= 11 is 0. The molecule has 4 N–H and O–H groups in total. The van der Waals surface area contributed by atoms with Crippen molar-refractivity contribution in [2.24, 2.45) is 5.84 Å². The number of hydrogen-bond acceptors (Lipinski definition) is 5. The number of hydrogen-bond donors (Lipinski definition) is 3. The first-order valence-corrected chi connectivity index (χ1v) is 6.71. The van der Waals surface area contributed by atoms with Gasteiger partial charge in [-0.2, -0.15) is 8.42 Å². The van der Waals surface area contributed by atoms with Crippen molar-refractivity contribution in [1.82, 2.24) is 4.98 Å². The summed E-state index contributed by atoms with van der Waals surface area (Å²) < 4.78 is 39.2. The number of nitrogens with two attached hydrogens (primary N) is 1. The third-order valence-corrected chi connectivity index (χ3v) is 3.62. The summed E-state index contributed by atoms with van der Waals surface area (Å²) in [5, 5.41) is -0.234. The van der Waals surface area contributed by atoms with Crippen LogP contribution in [0.15, 0.2) is 47.6 Å². The molecular weight excluding hydrogens is 271 g/mol. The molecule has 0 aliphatic carbocycles. The zero-order valence-corrected chi connectivity index (χ0v) is 10.5. The SMILES string of the molecule is NNc1cccnc1S(=O)(=O)Nc1ccc(F)cc1. The molecule has 0 amide bonds. The molecule has 1 heterocycles. The van der Waals surface area contributed by atoms with Gasteiger partial charge in [0.25, 0.3) is 10.0 Å². The fraction of sp³-hybridized carbons (Fsp3) is 0. The number of nitrogens with one attached hydrogen (secondary N) is 2. The molecule has 0 aliphatic rings. The van der Waals surface area contributed by atoms with E-state index in [0.29, 0.717) is 0 Å². The maximum atomic E-state index is 12.7. The molecule has 0 unspecified atom stereocenters. The van der Waals surface area contributed by atoms with Crippen LogP contribution >= 0.6 is 0 Å². The Morgan fingerprint density at radius 2 is 1.84 bits per heavy atom. The van der Waals surface area contributed by atoms with Crippen molar-refractivity contribution in [3.63, 3.8) is 0 Å². The van der Waals surface area contributed by atoms with Crippen LogP contribution in [-0.4, -0.2) is 13.4 Å². The van der Waals surface area contributed by atoms with Gasteiger partial charge in [0.2, 0.25) is 5.03 Å². The second-order valence-corrected chi connectivity index (χ2v) is 5.21. The van der Waals surface area contributed by atoms with E-state index in [1.807, 2.05) is 0 Å². The van der Waals surface area contributed by atoms with Crippen LogP contribution in [0.2, 0.25) is 0 Å². The van der Waals surface area contributed by atoms with Crippen LogP contribution in [-0.2, 0) is 10.0 Å². The molecule has 2 rings (SSSR count). The predicted octanol–water partition coefficient (Wildman–Crippen LogP) is 1.31. The monoisotopic (exact) mass is 282 g/mol. The Balaban J connectivity index is 2.35. The Morgan fingerprint density at radius 1 is 1.16 bits per heavy atom. The molecule has 0 bridgehead atoms. The van der Waals surface area contributed by atoms with Gasteiger partial charge in [-0.3, -0.25) is 10.6 Å². The number of anilines is 2. The number of aromatic nitrogens is 1. The van der Waals surface area contributed by atoms with E-state index in [1.54, 1.807) is 6.07 Å². The molecule has 6 nitrogen and oxygen atoms in total. The number of nitrogen functional groups attached to an aromatic ring is 1. The van der Waals surface area contributed by atoms with Crippen molar-refractivity contribution in [3.05, 3.63) is 48.4 Å². The van der Waals surface area contributed by atoms with Crippen molar-refractivity contribution in [1.29, 1.82) is 0 Å². The van der Waals surface area contributed by atoms with E-state index in [2.05, 4.69) is 15.1 Å². The Labute approximate surface area is 109 Å². The fourth-order valence-electron chi connectivity index (χ4n) is 1.44. The first kappa shape index (κ1) is 13.2. The molecule has 0 saturated heterocycles. The van der Waals surface area contributed by atoms with E-state index < -0.39 is 15.8 Å². The van der Waals surface area contributed by atoms with Gasteiger partial charge in [0.1, 0.15) is 5.82 Å². The standard InChI is InChI=1S/C11H11FN4O2S/c12-8-3-5-9(6-4-8)16-19(17,18)11-10(15-13)2-1-7-14-11/h1-7,15-16H,13H2. The number of benzene rings is 1. The molecule has 19 heavy (non-hydrogen) atoms. The van der Waals surface area contributed by atoms with Gasteiger partial charge in [0, 0.05) is 11.9 Å². The van der Waals surface area contributed by atoms with E-state index in [-0.39, 0.29) is 16.4 Å². The Kier molecular flexibility index (Phi) is 3.63. The van der Waals surface area contributed by atoms with Crippen molar-refractivity contribution >= 4 is 21.4 Å². The molecule has 8 heteroatoms. The molecule has 0 radical (unpaired) electrons. The minimum Gasteiger partial charge on any atom is -0.321 e. The van der Waals surface area contributed by atoms with Crippen molar-refractivity contribution < 1.29 is 12.8 Å². The molecule has 2 aromatic rings. The fourth-order valence-corrected chi connectivity index (χ4v) is 2.60. The van der Waals surface area contributed by atoms with E-state index in [0.717, 1.165) is 12.1 Å². The lowest BCUT2D eigenvalue weighted by Gasteiger charge is -2.10. The number of pyridine rings is 1. The first-order valence-electron chi connectivity index (χ1n) is 5.23. The molecule has 100 valence electrons. The van der Waals surface area contributed by atoms with Crippen LogP contribution in [0.3, 0.4) is 0 Å². The summed E-state index contributed by atoms with van der Waals surface area (Å²) in [6.07, 6.45) is 1.33. The minimum absolute atomic E-state index is 0.164. The zero-order chi connectivity index (χ0) is 13.9. The molecule has 0 saturated carbocycles. The van der Waals surface area contributed by atoms with Crippen LogP contribution < -0.4 is 16.0 Å². The van der Waals surface area contributed by atoms with Crippen LogP contribution in [0.5, 0.6) is 0 Å². The summed E-state index contributed by atoms with van der Waals surface area (Å²) in [5.41, 5.74) is 2.65. The highest BCUT2D eigenvalue weighted by atomic mass is 32.2. The van der Waals surface area contributed by atoms with Gasteiger partial charge in [0.05, 0.1) is 5.69 Å². The van der Waals surface area contributed by atoms with Gasteiger partial charge in [-0.25, -0.2) is 9.37 Å². The highest BCUT2D eigenvalue weighted by Gasteiger charge is 2.19. The number of rotatable bonds is 4. The van der Waals surface area contributed by atoms with Gasteiger partial charge in [-0.1, -0.05) is 0 Å². The van der Waals surface area contributed by atoms with Gasteiger partial charge in [0.15, 0.2) is 0 Å². The molecule has 1 aromatic carbocycles. The summed E-state index contributed by atoms with van der Waals surface area (Å²) in [7, 11) is -3.89. The normalized spacial score (nSPS) is 11.1. The third kappa shape index (κ3) is 2.98. The average Bonchev–Trinajstić information content (AvgIpc) is 2.41. The third-order valence-electron chi connectivity index (χ3n) is 2.28. The highest BCUT2D eigenvalue weighted by molar-refractivity contribution is 7.92. The van der Waals surface area contributed by atoms with Gasteiger partial charge >= 0.3 is 0 Å². The Bertz CT molecular complexity index is 673. The Morgan fingerprint density at radius 3 is 2.47 bits per heavy atom. The quantitative estimate of drug-likeness (QED) is 0.580. The summed E-state index contributed by atoms with van der Waals surface area (Å²) in [6, 6.07) is 7.95. The van der Waals surface area contributed by atoms with Crippen molar-refractivity contribution in [2.75, 3.05) is 10.1 Å². The molecule has 0 aliphatic heterocycles. The van der Waals surface area contributed by atoms with E-state index >= 15 is 0 Å². The smallest absolute Gasteiger partial charge is 0.281 e. The highest BCUT2D eigenvalue weighted by Crippen LogP contribution is 2.20. The molecular formula is C11H11FN4O2S. The summed E-state index contributed by atoms with van der Waals surface area (Å²) in [6.45, 7) is 0. The molecule has 0 spiro atoms. The lowest BCUT2D eigenvalue weighted by molar-refractivity contribution is 0.597. The number of halogens is 1. The average molecular weight is 282 g/mol. The largest absolute Gasteiger partial charge is 0.321 e. The first-order chi connectivity index (χ1) is 9.03. The van der Waals surface area contributed by atoms with Crippen LogP contribution in [0.25, 0.3) is 0 Å². The van der Waals surface area contributed by atoms with Crippen LogP contribution in [0.1, 0.15) is 0 Å². The predicted molar refractivity (Wildman–Crippen MR) is 69.3 cm³/mol. The maximum Gasteiger partial charge on any atom is 0.281 e. The number of nitrogens with zero attached hydrogens (tertiary/aromatic N) is 1. The lowest BCUT2D eigenvalue weighted by atomic mass is 10.3. The zero-order valence-electron chi connectivity index (χ0n) is 9.67. The minimum atomic E-state index is -3.89. The lowest BCUT2D eigenvalue weighted by Crippen LogP contribution is -2.18. The number of hydrazine groups is 1. The second kappa shape index (κ2) is 5.21. The van der Waals surface area contributed by atoms with E-state index in [1.165, 1.54) is 24.4 Å². The Hall–Kier alpha value is -2.19. The van der Waals surface area contributed by atoms with Crippen molar-refractivity contribution in [2.45, 2.75) is 5.03 Å². The maximum absolute atomic E-state index is 12.7. The number of sulfonamides is 1. The van der Waals surface area contributed by atoms with Gasteiger partial charge in [-0.05, 0) is 36.4 Å². The second-order valence-electron chi connectivity index (χ2n) is 3.61. The van der Waals surface area contributed by atoms with Crippen LogP contribution in [0, 0.1) is 5.82 Å². The molecule has 1 aromatic heterocycles. The summed E-state index contributed by atoms with van der Waals surface area (Å²) in [5.74, 6) is 4.78. The van der Waals surface area contributed by atoms with E-state index in [9.17, 15) is 12.8 Å². The van der Waals surface area contributed by atoms with Crippen LogP contribution in [0.4, 0.5) is 15.8 Å². The molecule has 0 atom stereocenters. The summed E-state index contributed by atoms with van der Waals surface area (Å²) in [4.78, 5) is 3.77.